The highest BCUT2D eigenvalue weighted by Crippen LogP contribution is 2.10. The fraction of sp³-hybridized carbons (Fsp3) is 0.125. The van der Waals surface area contributed by atoms with Crippen LogP contribution in [0.3, 0.4) is 0 Å². The Bertz CT molecular complexity index is 505. The van der Waals surface area contributed by atoms with E-state index in [1.54, 1.807) is 0 Å². The van der Waals surface area contributed by atoms with E-state index in [4.69, 9.17) is 0 Å². The molecule has 0 aliphatic rings. The highest BCUT2D eigenvalue weighted by Gasteiger charge is 1.98. The van der Waals surface area contributed by atoms with Crippen LogP contribution >= 0.6 is 15.9 Å². The summed E-state index contributed by atoms with van der Waals surface area (Å²) >= 11 is 3.26. The first kappa shape index (κ1) is 9.91. The molecule has 7 heteroatoms. The van der Waals surface area contributed by atoms with Gasteiger partial charge in [-0.3, -0.25) is 4.98 Å². The van der Waals surface area contributed by atoms with Gasteiger partial charge < -0.3 is 5.32 Å². The third kappa shape index (κ3) is 2.66. The normalized spacial score (nSPS) is 10.2. The fourth-order valence-electron chi connectivity index (χ4n) is 1.07. The van der Waals surface area contributed by atoms with E-state index < -0.39 is 0 Å². The average molecular weight is 270 g/mol. The zero-order valence-corrected chi connectivity index (χ0v) is 9.21. The van der Waals surface area contributed by atoms with Gasteiger partial charge in [0.05, 0.1) is 6.54 Å². The first-order chi connectivity index (χ1) is 7.24. The molecule has 0 radical (unpaired) electrons. The van der Waals surface area contributed by atoms with Crippen molar-refractivity contribution >= 4 is 21.7 Å². The van der Waals surface area contributed by atoms with E-state index in [1.165, 1.54) is 0 Å². The molecule has 0 saturated heterocycles. The zero-order valence-electron chi connectivity index (χ0n) is 7.62. The predicted octanol–water partition coefficient (Wildman–Crippen LogP) is 0.868. The molecule has 2 rings (SSSR count). The smallest absolute Gasteiger partial charge is 0.340 e. The van der Waals surface area contributed by atoms with Crippen molar-refractivity contribution < 1.29 is 0 Å². The first-order valence-electron chi connectivity index (χ1n) is 4.24. The average Bonchev–Trinajstić information content (AvgIpc) is 2.62. The summed E-state index contributed by atoms with van der Waals surface area (Å²) in [5.41, 5.74) is -0.311. The van der Waals surface area contributed by atoms with E-state index in [0.29, 0.717) is 18.2 Å². The number of aromatic nitrogens is 4. The van der Waals surface area contributed by atoms with Gasteiger partial charge in [0.25, 0.3) is 0 Å². The molecule has 2 heterocycles. The monoisotopic (exact) mass is 269 g/mol. The van der Waals surface area contributed by atoms with E-state index in [1.807, 2.05) is 18.2 Å². The maximum atomic E-state index is 10.7. The van der Waals surface area contributed by atoms with Gasteiger partial charge in [-0.25, -0.2) is 14.9 Å². The number of aromatic amines is 2. The molecule has 2 aromatic rings. The Morgan fingerprint density at radius 1 is 1.47 bits per heavy atom. The lowest BCUT2D eigenvalue weighted by atomic mass is 10.4. The molecule has 6 nitrogen and oxygen atoms in total. The Labute approximate surface area is 93.3 Å². The van der Waals surface area contributed by atoms with Crippen molar-refractivity contribution in [3.05, 3.63) is 39.1 Å². The summed E-state index contributed by atoms with van der Waals surface area (Å²) in [6.07, 6.45) is 0. The van der Waals surface area contributed by atoms with Crippen LogP contribution in [0.15, 0.2) is 27.6 Å². The zero-order chi connectivity index (χ0) is 10.7. The van der Waals surface area contributed by atoms with Gasteiger partial charge in [0.2, 0.25) is 0 Å². The summed E-state index contributed by atoms with van der Waals surface area (Å²) in [7, 11) is 0. The van der Waals surface area contributed by atoms with Gasteiger partial charge in [-0.1, -0.05) is 6.07 Å². The quantitative estimate of drug-likeness (QED) is 0.722. The van der Waals surface area contributed by atoms with E-state index in [-0.39, 0.29) is 5.69 Å². The Morgan fingerprint density at radius 2 is 2.33 bits per heavy atom. The molecular formula is C8H8BrN5O. The Kier molecular flexibility index (Phi) is 2.82. The highest BCUT2D eigenvalue weighted by molar-refractivity contribution is 9.10. The van der Waals surface area contributed by atoms with Crippen molar-refractivity contribution in [1.29, 1.82) is 0 Å². The lowest BCUT2D eigenvalue weighted by Gasteiger charge is -2.02. The molecule has 0 aromatic carbocycles. The van der Waals surface area contributed by atoms with Gasteiger partial charge in [0.15, 0.2) is 0 Å². The third-order valence-corrected chi connectivity index (χ3v) is 2.14. The molecule has 0 amide bonds. The molecule has 78 valence electrons. The van der Waals surface area contributed by atoms with Crippen LogP contribution in [0.25, 0.3) is 0 Å². The van der Waals surface area contributed by atoms with Gasteiger partial charge in [-0.2, -0.15) is 5.10 Å². The summed E-state index contributed by atoms with van der Waals surface area (Å²) in [5, 5.41) is 9.07. The molecule has 0 spiro atoms. The maximum absolute atomic E-state index is 10.7. The number of hydrogen-bond acceptors (Lipinski definition) is 4. The summed E-state index contributed by atoms with van der Waals surface area (Å²) in [5.74, 6) is 1.26. The van der Waals surface area contributed by atoms with E-state index in [2.05, 4.69) is 41.4 Å². The molecule has 0 aliphatic carbocycles. The molecule has 3 N–H and O–H groups in total. The van der Waals surface area contributed by atoms with Crippen LogP contribution < -0.4 is 11.0 Å². The molecule has 0 aliphatic heterocycles. The van der Waals surface area contributed by atoms with Gasteiger partial charge in [-0.05, 0) is 28.1 Å². The summed E-state index contributed by atoms with van der Waals surface area (Å²) < 4.78 is 0.753. The van der Waals surface area contributed by atoms with Crippen molar-refractivity contribution in [3.63, 3.8) is 0 Å². The largest absolute Gasteiger partial charge is 0.363 e. The number of nitrogens with one attached hydrogen (secondary N) is 3. The number of hydrogen-bond donors (Lipinski definition) is 3. The number of pyridine rings is 1. The van der Waals surface area contributed by atoms with E-state index in [0.717, 1.165) is 4.60 Å². The Hall–Kier alpha value is -1.63. The second-order valence-corrected chi connectivity index (χ2v) is 3.64. The maximum Gasteiger partial charge on any atom is 0.340 e. The van der Waals surface area contributed by atoms with Crippen molar-refractivity contribution in [3.8, 4) is 0 Å². The number of halogens is 1. The third-order valence-electron chi connectivity index (χ3n) is 1.70. The Balaban J connectivity index is 2.02. The minimum Gasteiger partial charge on any atom is -0.363 e. The van der Waals surface area contributed by atoms with Crippen LogP contribution in [-0.2, 0) is 6.54 Å². The van der Waals surface area contributed by atoms with Crippen molar-refractivity contribution in [2.45, 2.75) is 6.54 Å². The van der Waals surface area contributed by atoms with Crippen LogP contribution in [0.1, 0.15) is 5.82 Å². The van der Waals surface area contributed by atoms with E-state index >= 15 is 0 Å². The predicted molar refractivity (Wildman–Crippen MR) is 58.5 cm³/mol. The van der Waals surface area contributed by atoms with Crippen LogP contribution in [0.2, 0.25) is 0 Å². The number of rotatable bonds is 3. The number of H-pyrrole nitrogens is 2. The first-order valence-corrected chi connectivity index (χ1v) is 5.03. The lowest BCUT2D eigenvalue weighted by molar-refractivity contribution is 0.946. The minimum absolute atomic E-state index is 0.311. The molecule has 0 fully saturated rings. The molecule has 0 atom stereocenters. The second kappa shape index (κ2) is 4.26. The van der Waals surface area contributed by atoms with Crippen LogP contribution in [0.4, 0.5) is 5.82 Å². The second-order valence-electron chi connectivity index (χ2n) is 2.82. The van der Waals surface area contributed by atoms with Gasteiger partial charge in [0, 0.05) is 0 Å². The van der Waals surface area contributed by atoms with Crippen LogP contribution in [0.5, 0.6) is 0 Å². The highest BCUT2D eigenvalue weighted by atomic mass is 79.9. The molecule has 0 bridgehead atoms. The van der Waals surface area contributed by atoms with Crippen molar-refractivity contribution in [2.24, 2.45) is 0 Å². The number of nitrogens with zero attached hydrogens (tertiary/aromatic N) is 2. The van der Waals surface area contributed by atoms with Gasteiger partial charge in [-0.15, -0.1) is 0 Å². The van der Waals surface area contributed by atoms with Crippen LogP contribution in [0, 0.1) is 0 Å². The molecular weight excluding hydrogens is 262 g/mol. The number of anilines is 1. The van der Waals surface area contributed by atoms with Gasteiger partial charge >= 0.3 is 5.69 Å². The molecule has 15 heavy (non-hydrogen) atoms. The summed E-state index contributed by atoms with van der Waals surface area (Å²) in [4.78, 5) is 17.4. The van der Waals surface area contributed by atoms with Crippen molar-refractivity contribution in [2.75, 3.05) is 5.32 Å². The standard InChI is InChI=1S/C8H8BrN5O/c9-5-2-1-3-6(11-5)10-4-7-12-8(15)14-13-7/h1-3H,4H2,(H,10,11)(H2,12,13,14,15). The lowest BCUT2D eigenvalue weighted by Crippen LogP contribution is -2.05. The topological polar surface area (TPSA) is 86.5 Å². The molecule has 0 unspecified atom stereocenters. The molecule has 2 aromatic heterocycles. The SMILES string of the molecule is O=c1[nH]nc(CNc2cccc(Br)n2)[nH]1. The molecule has 0 saturated carbocycles. The van der Waals surface area contributed by atoms with Crippen molar-refractivity contribution in [1.82, 2.24) is 20.2 Å². The van der Waals surface area contributed by atoms with Crippen LogP contribution in [-0.4, -0.2) is 20.2 Å². The minimum atomic E-state index is -0.311. The summed E-state index contributed by atoms with van der Waals surface area (Å²) in [6, 6.07) is 5.53. The fourth-order valence-corrected chi connectivity index (χ4v) is 1.41. The Morgan fingerprint density at radius 3 is 3.00 bits per heavy atom. The summed E-state index contributed by atoms with van der Waals surface area (Å²) in [6.45, 7) is 0.419. The van der Waals surface area contributed by atoms with Gasteiger partial charge in [0.1, 0.15) is 16.2 Å². The van der Waals surface area contributed by atoms with E-state index in [9.17, 15) is 4.79 Å².